The van der Waals surface area contributed by atoms with Crippen molar-refractivity contribution in [3.63, 3.8) is 0 Å². The van der Waals surface area contributed by atoms with Gasteiger partial charge < -0.3 is 10.4 Å². The van der Waals surface area contributed by atoms with Gasteiger partial charge in [-0.05, 0) is 31.6 Å². The molecule has 1 rings (SSSR count). The van der Waals surface area contributed by atoms with Crippen molar-refractivity contribution in [2.24, 2.45) is 5.41 Å². The smallest absolute Gasteiger partial charge is 0.0555 e. The van der Waals surface area contributed by atoms with Crippen molar-refractivity contribution in [2.45, 2.75) is 65.1 Å². The van der Waals surface area contributed by atoms with Crippen LogP contribution >= 0.6 is 0 Å². The second-order valence-electron chi connectivity index (χ2n) is 5.42. The van der Waals surface area contributed by atoms with E-state index in [1.807, 2.05) is 0 Å². The van der Waals surface area contributed by atoms with Crippen LogP contribution in [-0.4, -0.2) is 23.3 Å². The van der Waals surface area contributed by atoms with Crippen LogP contribution in [0.2, 0.25) is 0 Å². The number of aliphatic hydroxyl groups is 1. The molecule has 0 spiro atoms. The van der Waals surface area contributed by atoms with Crippen molar-refractivity contribution in [3.05, 3.63) is 0 Å². The van der Waals surface area contributed by atoms with Crippen LogP contribution in [0.1, 0.15) is 47.0 Å². The second kappa shape index (κ2) is 3.97. The molecular weight excluding hydrogens is 162 g/mol. The summed E-state index contributed by atoms with van der Waals surface area (Å²) < 4.78 is 0. The topological polar surface area (TPSA) is 32.3 Å². The van der Waals surface area contributed by atoms with Crippen molar-refractivity contribution < 1.29 is 5.11 Å². The number of hydrogen-bond acceptors (Lipinski definition) is 2. The molecule has 1 aliphatic rings. The van der Waals surface area contributed by atoms with Gasteiger partial charge in [0.25, 0.3) is 0 Å². The fraction of sp³-hybridized carbons (Fsp3) is 1.00. The van der Waals surface area contributed by atoms with Crippen LogP contribution < -0.4 is 5.32 Å². The average Bonchev–Trinajstić information content (AvgIpc) is 2.33. The van der Waals surface area contributed by atoms with Gasteiger partial charge in [-0.1, -0.05) is 20.8 Å². The lowest BCUT2D eigenvalue weighted by atomic mass is 9.87. The molecule has 13 heavy (non-hydrogen) atoms. The quantitative estimate of drug-likeness (QED) is 0.689. The van der Waals surface area contributed by atoms with E-state index in [1.54, 1.807) is 0 Å². The Labute approximate surface area is 81.7 Å². The van der Waals surface area contributed by atoms with E-state index < -0.39 is 0 Å². The summed E-state index contributed by atoms with van der Waals surface area (Å²) in [4.78, 5) is 0. The van der Waals surface area contributed by atoms with Crippen LogP contribution in [0.3, 0.4) is 0 Å². The molecule has 0 aromatic rings. The lowest BCUT2D eigenvalue weighted by Crippen LogP contribution is -2.43. The van der Waals surface area contributed by atoms with Gasteiger partial charge in [-0.15, -0.1) is 0 Å². The third kappa shape index (κ3) is 3.28. The Morgan fingerprint density at radius 2 is 1.92 bits per heavy atom. The fourth-order valence-corrected chi connectivity index (χ4v) is 1.71. The van der Waals surface area contributed by atoms with Crippen LogP contribution in [0.5, 0.6) is 0 Å². The zero-order valence-electron chi connectivity index (χ0n) is 9.30. The molecule has 78 valence electrons. The summed E-state index contributed by atoms with van der Waals surface area (Å²) in [6, 6.07) is 1.05. The summed E-state index contributed by atoms with van der Waals surface area (Å²) in [6.45, 7) is 8.97. The lowest BCUT2D eigenvalue weighted by molar-refractivity contribution is 0.175. The predicted molar refractivity (Wildman–Crippen MR) is 55.7 cm³/mol. The highest BCUT2D eigenvalue weighted by Gasteiger charge is 2.27. The highest BCUT2D eigenvalue weighted by molar-refractivity contribution is 4.85. The molecule has 3 atom stereocenters. The first kappa shape index (κ1) is 11.0. The van der Waals surface area contributed by atoms with Crippen molar-refractivity contribution in [1.82, 2.24) is 5.32 Å². The number of aliphatic hydroxyl groups excluding tert-OH is 1. The largest absolute Gasteiger partial charge is 0.393 e. The molecule has 0 aliphatic heterocycles. The third-order valence-corrected chi connectivity index (χ3v) is 3.19. The van der Waals surface area contributed by atoms with E-state index in [0.717, 1.165) is 19.3 Å². The fourth-order valence-electron chi connectivity index (χ4n) is 1.71. The molecule has 0 bridgehead atoms. The molecule has 2 N–H and O–H groups in total. The zero-order chi connectivity index (χ0) is 10.1. The van der Waals surface area contributed by atoms with Crippen LogP contribution in [0.4, 0.5) is 0 Å². The highest BCUT2D eigenvalue weighted by atomic mass is 16.3. The summed E-state index contributed by atoms with van der Waals surface area (Å²) in [6.07, 6.45) is 2.96. The average molecular weight is 185 g/mol. The van der Waals surface area contributed by atoms with Gasteiger partial charge in [0.05, 0.1) is 6.10 Å². The van der Waals surface area contributed by atoms with Gasteiger partial charge in [-0.25, -0.2) is 0 Å². The van der Waals surface area contributed by atoms with Crippen LogP contribution in [-0.2, 0) is 0 Å². The molecule has 1 aliphatic carbocycles. The molecule has 1 fully saturated rings. The predicted octanol–water partition coefficient (Wildman–Crippen LogP) is 1.92. The highest BCUT2D eigenvalue weighted by Crippen LogP contribution is 2.24. The summed E-state index contributed by atoms with van der Waals surface area (Å²) in [5.74, 6) is 0. The molecule has 2 heteroatoms. The van der Waals surface area contributed by atoms with Gasteiger partial charge in [-0.3, -0.25) is 0 Å². The maximum absolute atomic E-state index is 9.38. The monoisotopic (exact) mass is 185 g/mol. The van der Waals surface area contributed by atoms with Gasteiger partial charge >= 0.3 is 0 Å². The van der Waals surface area contributed by atoms with E-state index in [-0.39, 0.29) is 6.10 Å². The zero-order valence-corrected chi connectivity index (χ0v) is 9.30. The molecular formula is C11H23NO. The Kier molecular flexibility index (Phi) is 3.36. The minimum absolute atomic E-state index is 0.0651. The first-order valence-electron chi connectivity index (χ1n) is 5.33. The van der Waals surface area contributed by atoms with E-state index in [4.69, 9.17) is 0 Å². The second-order valence-corrected chi connectivity index (χ2v) is 5.42. The van der Waals surface area contributed by atoms with E-state index in [0.29, 0.717) is 17.5 Å². The van der Waals surface area contributed by atoms with E-state index >= 15 is 0 Å². The van der Waals surface area contributed by atoms with Gasteiger partial charge in [0.2, 0.25) is 0 Å². The molecule has 1 saturated carbocycles. The van der Waals surface area contributed by atoms with Crippen molar-refractivity contribution >= 4 is 0 Å². The lowest BCUT2D eigenvalue weighted by Gasteiger charge is -2.31. The Hall–Kier alpha value is -0.0800. The van der Waals surface area contributed by atoms with Crippen molar-refractivity contribution in [3.8, 4) is 0 Å². The Morgan fingerprint density at radius 1 is 1.31 bits per heavy atom. The first-order valence-corrected chi connectivity index (χ1v) is 5.33. The standard InChI is InChI=1S/C11H23NO/c1-8(11(2,3)4)12-9-5-6-10(13)7-9/h8-10,12-13H,5-7H2,1-4H3/t8?,9-,10+/m0/s1. The molecule has 0 amide bonds. The molecule has 0 aromatic carbocycles. The van der Waals surface area contributed by atoms with Crippen LogP contribution in [0.25, 0.3) is 0 Å². The summed E-state index contributed by atoms with van der Waals surface area (Å²) in [5, 5.41) is 13.0. The summed E-state index contributed by atoms with van der Waals surface area (Å²) in [7, 11) is 0. The van der Waals surface area contributed by atoms with Gasteiger partial charge in [0.1, 0.15) is 0 Å². The maximum Gasteiger partial charge on any atom is 0.0555 e. The van der Waals surface area contributed by atoms with E-state index in [2.05, 4.69) is 33.0 Å². The number of nitrogens with one attached hydrogen (secondary N) is 1. The Bertz CT molecular complexity index is 162. The third-order valence-electron chi connectivity index (χ3n) is 3.19. The minimum atomic E-state index is -0.0651. The Balaban J connectivity index is 2.33. The van der Waals surface area contributed by atoms with Crippen molar-refractivity contribution in [1.29, 1.82) is 0 Å². The molecule has 0 heterocycles. The van der Waals surface area contributed by atoms with Gasteiger partial charge in [-0.2, -0.15) is 0 Å². The van der Waals surface area contributed by atoms with E-state index in [9.17, 15) is 5.11 Å². The van der Waals surface area contributed by atoms with Gasteiger partial charge in [0.15, 0.2) is 0 Å². The van der Waals surface area contributed by atoms with Crippen LogP contribution in [0, 0.1) is 5.41 Å². The van der Waals surface area contributed by atoms with Crippen molar-refractivity contribution in [2.75, 3.05) is 0 Å². The molecule has 0 aromatic heterocycles. The summed E-state index contributed by atoms with van der Waals surface area (Å²) >= 11 is 0. The molecule has 0 radical (unpaired) electrons. The first-order chi connectivity index (χ1) is 5.89. The number of hydrogen-bond donors (Lipinski definition) is 2. The molecule has 0 saturated heterocycles. The van der Waals surface area contributed by atoms with E-state index in [1.165, 1.54) is 0 Å². The summed E-state index contributed by atoms with van der Waals surface area (Å²) in [5.41, 5.74) is 0.313. The SMILES string of the molecule is CC(N[C@H]1CC[C@@H](O)C1)C(C)(C)C. The minimum Gasteiger partial charge on any atom is -0.393 e. The Morgan fingerprint density at radius 3 is 2.31 bits per heavy atom. The van der Waals surface area contributed by atoms with Crippen LogP contribution in [0.15, 0.2) is 0 Å². The van der Waals surface area contributed by atoms with Gasteiger partial charge in [0, 0.05) is 12.1 Å². The maximum atomic E-state index is 9.38. The number of rotatable bonds is 2. The molecule has 2 nitrogen and oxygen atoms in total. The normalized spacial score (nSPS) is 32.1. The molecule has 1 unspecified atom stereocenters.